The monoisotopic (exact) mass is 321 g/mol. The van der Waals surface area contributed by atoms with Gasteiger partial charge in [-0.15, -0.1) is 0 Å². The third-order valence-corrected chi connectivity index (χ3v) is 3.06. The van der Waals surface area contributed by atoms with Crippen molar-refractivity contribution < 1.29 is 13.2 Å². The fourth-order valence-electron chi connectivity index (χ4n) is 1.19. The van der Waals surface area contributed by atoms with Crippen molar-refractivity contribution in [2.24, 2.45) is 0 Å². The molecule has 0 aliphatic rings. The van der Waals surface area contributed by atoms with E-state index in [9.17, 15) is 13.2 Å². The molecule has 0 saturated heterocycles. The van der Waals surface area contributed by atoms with Crippen LogP contribution in [0.4, 0.5) is 19.1 Å². The molecule has 0 bridgehead atoms. The molecule has 2 aromatic heterocycles. The lowest BCUT2D eigenvalue weighted by molar-refractivity contribution is -0.137. The third kappa shape index (κ3) is 3.70. The molecular formula is C10H7ClF3N5S. The molecule has 1 N–H and O–H groups in total. The van der Waals surface area contributed by atoms with E-state index < -0.39 is 11.7 Å². The topological polar surface area (TPSA) is 63.6 Å². The van der Waals surface area contributed by atoms with Crippen molar-refractivity contribution in [3.63, 3.8) is 0 Å². The van der Waals surface area contributed by atoms with E-state index in [0.29, 0.717) is 5.03 Å². The Labute approximate surface area is 121 Å². The molecule has 20 heavy (non-hydrogen) atoms. The summed E-state index contributed by atoms with van der Waals surface area (Å²) < 4.78 is 37.2. The number of nitrogens with zero attached hydrogens (tertiary/aromatic N) is 4. The summed E-state index contributed by atoms with van der Waals surface area (Å²) in [5.74, 6) is 0.263. The minimum absolute atomic E-state index is 0.0150. The zero-order valence-electron chi connectivity index (χ0n) is 9.94. The zero-order chi connectivity index (χ0) is 14.8. The molecule has 0 amide bonds. The predicted molar refractivity (Wildman–Crippen MR) is 67.7 cm³/mol. The van der Waals surface area contributed by atoms with Gasteiger partial charge >= 0.3 is 6.18 Å². The van der Waals surface area contributed by atoms with Crippen LogP contribution >= 0.6 is 23.4 Å². The van der Waals surface area contributed by atoms with Crippen LogP contribution in [-0.2, 0) is 6.18 Å². The third-order valence-electron chi connectivity index (χ3n) is 2.07. The number of hydrogen-bond acceptors (Lipinski definition) is 6. The van der Waals surface area contributed by atoms with Crippen LogP contribution in [0.15, 0.2) is 28.5 Å². The minimum atomic E-state index is -4.41. The van der Waals surface area contributed by atoms with Gasteiger partial charge in [-0.3, -0.25) is 0 Å². The van der Waals surface area contributed by atoms with Gasteiger partial charge in [0.2, 0.25) is 11.2 Å². The van der Waals surface area contributed by atoms with Crippen molar-refractivity contribution in [2.45, 2.75) is 16.4 Å². The number of halogens is 4. The van der Waals surface area contributed by atoms with E-state index in [-0.39, 0.29) is 16.4 Å². The molecular weight excluding hydrogens is 315 g/mol. The Hall–Kier alpha value is -1.61. The number of rotatable bonds is 3. The first kappa shape index (κ1) is 14.8. The molecule has 0 aromatic carbocycles. The van der Waals surface area contributed by atoms with E-state index in [2.05, 4.69) is 25.3 Å². The molecule has 5 nitrogen and oxygen atoms in total. The van der Waals surface area contributed by atoms with Gasteiger partial charge in [-0.25, -0.2) is 4.98 Å². The van der Waals surface area contributed by atoms with E-state index in [1.807, 2.05) is 0 Å². The van der Waals surface area contributed by atoms with E-state index >= 15 is 0 Å². The van der Waals surface area contributed by atoms with E-state index in [4.69, 9.17) is 11.6 Å². The molecule has 10 heteroatoms. The first-order valence-electron chi connectivity index (χ1n) is 5.19. The van der Waals surface area contributed by atoms with Crippen molar-refractivity contribution in [1.82, 2.24) is 19.9 Å². The van der Waals surface area contributed by atoms with Crippen molar-refractivity contribution in [3.8, 4) is 0 Å². The lowest BCUT2D eigenvalue weighted by Gasteiger charge is -2.06. The van der Waals surface area contributed by atoms with E-state index in [0.717, 1.165) is 24.0 Å². The Morgan fingerprint density at radius 3 is 2.50 bits per heavy atom. The van der Waals surface area contributed by atoms with Crippen LogP contribution in [0, 0.1) is 0 Å². The van der Waals surface area contributed by atoms with Gasteiger partial charge in [-0.2, -0.15) is 28.1 Å². The van der Waals surface area contributed by atoms with E-state index in [1.165, 1.54) is 6.07 Å². The minimum Gasteiger partial charge on any atom is -0.357 e. The molecule has 2 heterocycles. The van der Waals surface area contributed by atoms with Crippen LogP contribution < -0.4 is 5.32 Å². The zero-order valence-corrected chi connectivity index (χ0v) is 11.5. The first-order valence-corrected chi connectivity index (χ1v) is 6.38. The summed E-state index contributed by atoms with van der Waals surface area (Å²) in [5.41, 5.74) is -0.813. The van der Waals surface area contributed by atoms with Gasteiger partial charge in [0.05, 0.1) is 5.56 Å². The summed E-state index contributed by atoms with van der Waals surface area (Å²) in [5, 5.41) is 3.24. The Kier molecular flexibility index (Phi) is 4.29. The lowest BCUT2D eigenvalue weighted by Crippen LogP contribution is -2.05. The summed E-state index contributed by atoms with van der Waals surface area (Å²) in [4.78, 5) is 15.3. The SMILES string of the molecule is CNc1nc(Cl)nc(Sc2ccc(C(F)(F)F)cn2)n1. The highest BCUT2D eigenvalue weighted by atomic mass is 35.5. The molecule has 0 saturated carbocycles. The number of hydrogen-bond donors (Lipinski definition) is 1. The maximum absolute atomic E-state index is 12.4. The van der Waals surface area contributed by atoms with Crippen molar-refractivity contribution >= 4 is 29.3 Å². The van der Waals surface area contributed by atoms with Crippen molar-refractivity contribution in [1.29, 1.82) is 0 Å². The van der Waals surface area contributed by atoms with Crippen LogP contribution in [0.5, 0.6) is 0 Å². The second-order valence-corrected chi connectivity index (χ2v) is 4.77. The van der Waals surface area contributed by atoms with Gasteiger partial charge in [-0.05, 0) is 35.5 Å². The van der Waals surface area contributed by atoms with Gasteiger partial charge in [0.1, 0.15) is 5.03 Å². The van der Waals surface area contributed by atoms with Crippen molar-refractivity contribution in [3.05, 3.63) is 29.2 Å². The van der Waals surface area contributed by atoms with Gasteiger partial charge in [0.25, 0.3) is 0 Å². The highest BCUT2D eigenvalue weighted by Crippen LogP contribution is 2.30. The summed E-state index contributed by atoms with van der Waals surface area (Å²) in [7, 11) is 1.61. The Balaban J connectivity index is 2.20. The normalized spacial score (nSPS) is 11.4. The summed E-state index contributed by atoms with van der Waals surface area (Å²) in [6.07, 6.45) is -3.66. The second kappa shape index (κ2) is 5.80. The smallest absolute Gasteiger partial charge is 0.357 e. The van der Waals surface area contributed by atoms with Gasteiger partial charge < -0.3 is 5.32 Å². The maximum atomic E-state index is 12.4. The van der Waals surface area contributed by atoms with Crippen LogP contribution in [0.1, 0.15) is 5.56 Å². The number of anilines is 1. The fourth-order valence-corrected chi connectivity index (χ4v) is 2.09. The highest BCUT2D eigenvalue weighted by Gasteiger charge is 2.30. The molecule has 2 aromatic rings. The largest absolute Gasteiger partial charge is 0.417 e. The average Bonchev–Trinajstić information content (AvgIpc) is 2.37. The van der Waals surface area contributed by atoms with Crippen LogP contribution in [-0.4, -0.2) is 27.0 Å². The quantitative estimate of drug-likeness (QED) is 0.937. The van der Waals surface area contributed by atoms with Crippen LogP contribution in [0.3, 0.4) is 0 Å². The summed E-state index contributed by atoms with van der Waals surface area (Å²) in [6.45, 7) is 0. The number of nitrogens with one attached hydrogen (secondary N) is 1. The summed E-state index contributed by atoms with van der Waals surface area (Å²) >= 11 is 6.68. The summed E-state index contributed by atoms with van der Waals surface area (Å²) in [6, 6.07) is 2.18. The Morgan fingerprint density at radius 2 is 1.95 bits per heavy atom. The van der Waals surface area contributed by atoms with Gasteiger partial charge in [0, 0.05) is 13.2 Å². The number of pyridine rings is 1. The second-order valence-electron chi connectivity index (χ2n) is 3.45. The average molecular weight is 322 g/mol. The standard InChI is InChI=1S/C10H7ClF3N5S/c1-15-8-17-7(11)18-9(19-8)20-6-3-2-5(4-16-6)10(12,13)14/h2-4H,1H3,(H,15,17,18,19). The molecule has 0 aliphatic carbocycles. The number of alkyl halides is 3. The Morgan fingerprint density at radius 1 is 1.20 bits per heavy atom. The van der Waals surface area contributed by atoms with Crippen LogP contribution in [0.2, 0.25) is 5.28 Å². The molecule has 0 atom stereocenters. The molecule has 106 valence electrons. The number of aromatic nitrogens is 4. The molecule has 0 aliphatic heterocycles. The van der Waals surface area contributed by atoms with Crippen molar-refractivity contribution in [2.75, 3.05) is 12.4 Å². The fraction of sp³-hybridized carbons (Fsp3) is 0.200. The Bertz CT molecular complexity index is 605. The molecule has 0 radical (unpaired) electrons. The molecule has 0 fully saturated rings. The molecule has 0 unspecified atom stereocenters. The predicted octanol–water partition coefficient (Wildman–Crippen LogP) is 3.13. The molecule has 0 spiro atoms. The van der Waals surface area contributed by atoms with Crippen LogP contribution in [0.25, 0.3) is 0 Å². The first-order chi connectivity index (χ1) is 9.38. The van der Waals surface area contributed by atoms with E-state index in [1.54, 1.807) is 7.05 Å². The van der Waals surface area contributed by atoms with Gasteiger partial charge in [-0.1, -0.05) is 0 Å². The lowest BCUT2D eigenvalue weighted by atomic mass is 10.3. The van der Waals surface area contributed by atoms with Gasteiger partial charge in [0.15, 0.2) is 5.16 Å². The maximum Gasteiger partial charge on any atom is 0.417 e. The highest BCUT2D eigenvalue weighted by molar-refractivity contribution is 7.99. The molecule has 2 rings (SSSR count).